The Morgan fingerprint density at radius 1 is 1.26 bits per heavy atom. The first kappa shape index (κ1) is 17.8. The van der Waals surface area contributed by atoms with E-state index in [1.165, 1.54) is 11.8 Å². The van der Waals surface area contributed by atoms with Gasteiger partial charge in [0.2, 0.25) is 0 Å². The zero-order chi connectivity index (χ0) is 16.8. The molecule has 0 radical (unpaired) electrons. The van der Waals surface area contributed by atoms with Gasteiger partial charge >= 0.3 is 0 Å². The smallest absolute Gasteiger partial charge is 0.189 e. The zero-order valence-corrected chi connectivity index (χ0v) is 15.0. The number of nitrogens with zero attached hydrogens (tertiary/aromatic N) is 2. The van der Waals surface area contributed by atoms with Crippen molar-refractivity contribution in [3.8, 4) is 11.3 Å². The van der Waals surface area contributed by atoms with Crippen LogP contribution in [0.25, 0.3) is 11.3 Å². The van der Waals surface area contributed by atoms with Crippen LogP contribution in [0.15, 0.2) is 29.4 Å². The molecule has 0 atom stereocenters. The zero-order valence-electron chi connectivity index (χ0n) is 13.5. The normalized spacial score (nSPS) is 10.8. The molecule has 23 heavy (non-hydrogen) atoms. The lowest BCUT2D eigenvalue weighted by Crippen LogP contribution is -2.20. The number of carbonyl (C=O) groups excluding carboxylic acids is 1. The van der Waals surface area contributed by atoms with Crippen LogP contribution in [0.5, 0.6) is 0 Å². The minimum atomic E-state index is 0.261. The fraction of sp³-hybridized carbons (Fsp3) is 0.353. The molecule has 0 unspecified atom stereocenters. The second kappa shape index (κ2) is 8.31. The molecule has 0 aliphatic carbocycles. The van der Waals surface area contributed by atoms with E-state index < -0.39 is 0 Å². The molecule has 1 N–H and O–H groups in total. The summed E-state index contributed by atoms with van der Waals surface area (Å²) in [6.45, 7) is 4.21. The highest BCUT2D eigenvalue weighted by molar-refractivity contribution is 7.98. The van der Waals surface area contributed by atoms with Gasteiger partial charge in [-0.05, 0) is 25.2 Å². The first-order chi connectivity index (χ1) is 11.1. The summed E-state index contributed by atoms with van der Waals surface area (Å²) in [5.41, 5.74) is 1.75. The van der Waals surface area contributed by atoms with Gasteiger partial charge in [0, 0.05) is 16.6 Å². The van der Waals surface area contributed by atoms with Gasteiger partial charge in [0.15, 0.2) is 11.4 Å². The van der Waals surface area contributed by atoms with E-state index in [9.17, 15) is 4.79 Å². The number of aldehydes is 1. The third-order valence-corrected chi connectivity index (χ3v) is 4.56. The van der Waals surface area contributed by atoms with Crippen molar-refractivity contribution in [1.82, 2.24) is 9.97 Å². The Bertz CT molecular complexity index is 690. The van der Waals surface area contributed by atoms with E-state index >= 15 is 0 Å². The Balaban J connectivity index is 2.62. The summed E-state index contributed by atoms with van der Waals surface area (Å²) in [6, 6.07) is 7.65. The molecule has 0 saturated heterocycles. The molecule has 122 valence electrons. The molecule has 1 heterocycles. The Morgan fingerprint density at radius 2 is 1.96 bits per heavy atom. The monoisotopic (exact) mass is 349 g/mol. The van der Waals surface area contributed by atoms with Crippen LogP contribution in [0.4, 0.5) is 5.82 Å². The maximum absolute atomic E-state index is 11.7. The molecule has 6 heteroatoms. The van der Waals surface area contributed by atoms with Gasteiger partial charge in [-0.25, -0.2) is 9.97 Å². The SMILES string of the molecule is CCC(CC)Nc1nc(SC)nc(-c2ccccc2Cl)c1C=O. The summed E-state index contributed by atoms with van der Waals surface area (Å²) in [4.78, 5) is 20.7. The van der Waals surface area contributed by atoms with E-state index in [1.807, 2.05) is 24.5 Å². The lowest BCUT2D eigenvalue weighted by molar-refractivity contribution is 0.112. The van der Waals surface area contributed by atoms with Crippen molar-refractivity contribution in [2.45, 2.75) is 37.9 Å². The number of rotatable bonds is 7. The van der Waals surface area contributed by atoms with Crippen LogP contribution in [0, 0.1) is 0 Å². The number of hydrogen-bond acceptors (Lipinski definition) is 5. The van der Waals surface area contributed by atoms with Crippen molar-refractivity contribution < 1.29 is 4.79 Å². The van der Waals surface area contributed by atoms with E-state index in [-0.39, 0.29) is 6.04 Å². The molecule has 0 spiro atoms. The Labute approximate surface area is 146 Å². The van der Waals surface area contributed by atoms with Crippen molar-refractivity contribution >= 4 is 35.5 Å². The van der Waals surface area contributed by atoms with Gasteiger partial charge in [0.25, 0.3) is 0 Å². The number of anilines is 1. The Morgan fingerprint density at radius 3 is 2.52 bits per heavy atom. The molecule has 4 nitrogen and oxygen atoms in total. The van der Waals surface area contributed by atoms with Crippen molar-refractivity contribution in [2.75, 3.05) is 11.6 Å². The number of nitrogens with one attached hydrogen (secondary N) is 1. The predicted molar refractivity (Wildman–Crippen MR) is 97.6 cm³/mol. The van der Waals surface area contributed by atoms with Gasteiger partial charge in [-0.3, -0.25) is 4.79 Å². The summed E-state index contributed by atoms with van der Waals surface area (Å²) in [5.74, 6) is 0.572. The van der Waals surface area contributed by atoms with Gasteiger partial charge in [0.1, 0.15) is 5.82 Å². The van der Waals surface area contributed by atoms with E-state index in [0.717, 1.165) is 24.7 Å². The molecule has 2 aromatic rings. The summed E-state index contributed by atoms with van der Waals surface area (Å²) < 4.78 is 0. The topological polar surface area (TPSA) is 54.9 Å². The number of benzene rings is 1. The molecule has 1 aromatic carbocycles. The third-order valence-electron chi connectivity index (χ3n) is 3.68. The van der Waals surface area contributed by atoms with Crippen molar-refractivity contribution in [3.05, 3.63) is 34.9 Å². The fourth-order valence-corrected chi connectivity index (χ4v) is 2.90. The Kier molecular flexibility index (Phi) is 6.42. The molecular weight excluding hydrogens is 330 g/mol. The molecule has 0 saturated carbocycles. The average Bonchev–Trinajstić information content (AvgIpc) is 2.59. The molecule has 0 aliphatic heterocycles. The van der Waals surface area contributed by atoms with Crippen LogP contribution in [0.2, 0.25) is 5.02 Å². The van der Waals surface area contributed by atoms with Crippen LogP contribution in [0.1, 0.15) is 37.0 Å². The predicted octanol–water partition coefficient (Wildman–Crippen LogP) is 4.93. The van der Waals surface area contributed by atoms with Crippen LogP contribution in [0.3, 0.4) is 0 Å². The van der Waals surface area contributed by atoms with Crippen molar-refractivity contribution in [1.29, 1.82) is 0 Å². The second-order valence-electron chi connectivity index (χ2n) is 5.08. The summed E-state index contributed by atoms with van der Waals surface area (Å²) in [5, 5.41) is 4.54. The average molecular weight is 350 g/mol. The highest BCUT2D eigenvalue weighted by Gasteiger charge is 2.18. The number of aromatic nitrogens is 2. The second-order valence-corrected chi connectivity index (χ2v) is 6.26. The lowest BCUT2D eigenvalue weighted by atomic mass is 10.1. The van der Waals surface area contributed by atoms with Gasteiger partial charge < -0.3 is 5.32 Å². The molecule has 1 aromatic heterocycles. The van der Waals surface area contributed by atoms with Gasteiger partial charge in [-0.2, -0.15) is 0 Å². The minimum Gasteiger partial charge on any atom is -0.367 e. The van der Waals surface area contributed by atoms with Crippen LogP contribution in [-0.4, -0.2) is 28.6 Å². The third kappa shape index (κ3) is 4.03. The van der Waals surface area contributed by atoms with Crippen molar-refractivity contribution in [2.24, 2.45) is 0 Å². The van der Waals surface area contributed by atoms with E-state index in [0.29, 0.717) is 27.3 Å². The highest BCUT2D eigenvalue weighted by atomic mass is 35.5. The molecular formula is C17H20ClN3OS. The number of carbonyl (C=O) groups is 1. The van der Waals surface area contributed by atoms with Gasteiger partial charge in [0.05, 0.1) is 11.3 Å². The molecule has 0 amide bonds. The Hall–Kier alpha value is -1.59. The maximum atomic E-state index is 11.7. The van der Waals surface area contributed by atoms with E-state index in [1.54, 1.807) is 6.07 Å². The summed E-state index contributed by atoms with van der Waals surface area (Å²) >= 11 is 7.73. The summed E-state index contributed by atoms with van der Waals surface area (Å²) in [6.07, 6.45) is 4.62. The highest BCUT2D eigenvalue weighted by Crippen LogP contribution is 2.32. The fourth-order valence-electron chi connectivity index (χ4n) is 2.31. The molecule has 2 rings (SSSR count). The first-order valence-electron chi connectivity index (χ1n) is 7.57. The van der Waals surface area contributed by atoms with Crippen LogP contribution in [-0.2, 0) is 0 Å². The number of thioether (sulfide) groups is 1. The van der Waals surface area contributed by atoms with Gasteiger partial charge in [-0.1, -0.05) is 55.4 Å². The minimum absolute atomic E-state index is 0.261. The lowest BCUT2D eigenvalue weighted by Gasteiger charge is -2.19. The van der Waals surface area contributed by atoms with E-state index in [2.05, 4.69) is 29.1 Å². The molecule has 0 bridgehead atoms. The summed E-state index contributed by atoms with van der Waals surface area (Å²) in [7, 11) is 0. The maximum Gasteiger partial charge on any atom is 0.189 e. The van der Waals surface area contributed by atoms with Crippen molar-refractivity contribution in [3.63, 3.8) is 0 Å². The largest absolute Gasteiger partial charge is 0.367 e. The van der Waals surface area contributed by atoms with Crippen LogP contribution < -0.4 is 5.32 Å². The quantitative estimate of drug-likeness (QED) is 0.436. The number of halogens is 1. The molecule has 0 fully saturated rings. The first-order valence-corrected chi connectivity index (χ1v) is 9.17. The number of hydrogen-bond donors (Lipinski definition) is 1. The van der Waals surface area contributed by atoms with E-state index in [4.69, 9.17) is 11.6 Å². The van der Waals surface area contributed by atoms with Crippen LogP contribution >= 0.6 is 23.4 Å². The molecule has 0 aliphatic rings. The standard InChI is InChI=1S/C17H20ClN3OS/c1-4-11(5-2)19-16-13(10-22)15(20-17(21-16)23-3)12-8-6-7-9-14(12)18/h6-11H,4-5H2,1-3H3,(H,19,20,21). The van der Waals surface area contributed by atoms with Gasteiger partial charge in [-0.15, -0.1) is 0 Å².